The van der Waals surface area contributed by atoms with E-state index in [1.807, 2.05) is 59.5 Å². The second-order valence-electron chi connectivity index (χ2n) is 8.26. The molecule has 1 amide bonds. The van der Waals surface area contributed by atoms with Crippen LogP contribution in [0.1, 0.15) is 23.1 Å². The molecule has 172 valence electrons. The van der Waals surface area contributed by atoms with Crippen LogP contribution in [0.5, 0.6) is 0 Å². The summed E-state index contributed by atoms with van der Waals surface area (Å²) in [6, 6.07) is 30.7. The molecule has 1 N–H and O–H groups in total. The number of carbonyl (C=O) groups excluding carboxylic acids is 1. The first-order valence-electron chi connectivity index (χ1n) is 11.6. The first-order chi connectivity index (χ1) is 16.3. The Kier molecular flexibility index (Phi) is 7.89. The molecule has 0 aliphatic carbocycles. The Hall–Kier alpha value is -2.99. The van der Waals surface area contributed by atoms with Gasteiger partial charge in [0.05, 0.1) is 24.8 Å². The van der Waals surface area contributed by atoms with Crippen molar-refractivity contribution < 1.29 is 14.3 Å². The summed E-state index contributed by atoms with van der Waals surface area (Å²) in [5.41, 5.74) is 2.54. The molecule has 4 rings (SSSR count). The van der Waals surface area contributed by atoms with Crippen molar-refractivity contribution in [3.8, 4) is 0 Å². The van der Waals surface area contributed by atoms with E-state index >= 15 is 0 Å². The largest absolute Gasteiger partial charge is 0.385 e. The van der Waals surface area contributed by atoms with E-state index in [9.17, 15) is 4.79 Å². The molecular formula is C28H32N2O3. The lowest BCUT2D eigenvalue weighted by atomic mass is 9.76. The van der Waals surface area contributed by atoms with Crippen molar-refractivity contribution in [2.75, 3.05) is 40.0 Å². The van der Waals surface area contributed by atoms with Gasteiger partial charge in [0.25, 0.3) is 0 Å². The second kappa shape index (κ2) is 11.2. The van der Waals surface area contributed by atoms with E-state index < -0.39 is 11.6 Å². The Bertz CT molecular complexity index is 893. The van der Waals surface area contributed by atoms with E-state index in [1.54, 1.807) is 7.11 Å². The molecule has 1 fully saturated rings. The van der Waals surface area contributed by atoms with E-state index in [4.69, 9.17) is 9.47 Å². The van der Waals surface area contributed by atoms with Crippen molar-refractivity contribution in [2.24, 2.45) is 0 Å². The average molecular weight is 445 g/mol. The van der Waals surface area contributed by atoms with E-state index in [-0.39, 0.29) is 5.91 Å². The number of methoxy groups -OCH3 is 1. The van der Waals surface area contributed by atoms with Crippen LogP contribution in [0, 0.1) is 0 Å². The van der Waals surface area contributed by atoms with Crippen LogP contribution in [0.4, 0.5) is 0 Å². The third-order valence-corrected chi connectivity index (χ3v) is 6.24. The number of hydrogen-bond donors (Lipinski definition) is 1. The number of nitrogens with one attached hydrogen (secondary N) is 1. The van der Waals surface area contributed by atoms with Crippen molar-refractivity contribution in [3.05, 3.63) is 108 Å². The molecule has 1 aliphatic rings. The maximum Gasteiger partial charge on any atom is 0.239 e. The highest BCUT2D eigenvalue weighted by molar-refractivity contribution is 5.82. The van der Waals surface area contributed by atoms with E-state index in [0.717, 1.165) is 16.7 Å². The van der Waals surface area contributed by atoms with Crippen molar-refractivity contribution in [1.29, 1.82) is 0 Å². The summed E-state index contributed by atoms with van der Waals surface area (Å²) in [6.45, 7) is 2.86. The standard InChI is InChI=1S/C28H32N2O3/c1-32-20-17-26(27(31)30-18-21-33-22-19-30)29-28(23-11-5-2-6-12-23,24-13-7-3-8-14-24)25-15-9-4-10-16-25/h2-16,26,29H,17-22H2,1H3/t26-/m0/s1. The van der Waals surface area contributed by atoms with Gasteiger partial charge in [0.1, 0.15) is 0 Å². The lowest BCUT2D eigenvalue weighted by Gasteiger charge is -2.41. The number of benzene rings is 3. The van der Waals surface area contributed by atoms with Crippen LogP contribution in [0.2, 0.25) is 0 Å². The zero-order valence-electron chi connectivity index (χ0n) is 19.2. The molecule has 5 heteroatoms. The van der Waals surface area contributed by atoms with Crippen LogP contribution >= 0.6 is 0 Å². The van der Waals surface area contributed by atoms with Gasteiger partial charge in [-0.05, 0) is 23.1 Å². The first kappa shape index (κ1) is 23.2. The highest BCUT2D eigenvalue weighted by Gasteiger charge is 2.40. The first-order valence-corrected chi connectivity index (χ1v) is 11.6. The van der Waals surface area contributed by atoms with Gasteiger partial charge in [-0.3, -0.25) is 10.1 Å². The van der Waals surface area contributed by atoms with Crippen LogP contribution in [0.25, 0.3) is 0 Å². The monoisotopic (exact) mass is 444 g/mol. The van der Waals surface area contributed by atoms with Crippen molar-refractivity contribution in [2.45, 2.75) is 18.0 Å². The Morgan fingerprint density at radius 2 is 1.33 bits per heavy atom. The van der Waals surface area contributed by atoms with Gasteiger partial charge in [0.2, 0.25) is 5.91 Å². The third kappa shape index (κ3) is 5.17. The molecule has 0 unspecified atom stereocenters. The zero-order valence-corrected chi connectivity index (χ0v) is 19.2. The summed E-state index contributed by atoms with van der Waals surface area (Å²) < 4.78 is 10.9. The van der Waals surface area contributed by atoms with Crippen LogP contribution in [-0.4, -0.2) is 56.9 Å². The van der Waals surface area contributed by atoms with Crippen LogP contribution < -0.4 is 5.32 Å². The predicted octanol–water partition coefficient (Wildman–Crippen LogP) is 3.83. The molecule has 0 spiro atoms. The van der Waals surface area contributed by atoms with Gasteiger partial charge in [0, 0.05) is 26.8 Å². The number of morpholine rings is 1. The van der Waals surface area contributed by atoms with E-state index in [1.165, 1.54) is 0 Å². The topological polar surface area (TPSA) is 50.8 Å². The molecule has 1 atom stereocenters. The summed E-state index contributed by atoms with van der Waals surface area (Å²) in [5, 5.41) is 3.84. The molecule has 3 aromatic carbocycles. The summed E-state index contributed by atoms with van der Waals surface area (Å²) in [7, 11) is 1.68. The fourth-order valence-electron chi connectivity index (χ4n) is 4.57. The number of hydrogen-bond acceptors (Lipinski definition) is 4. The minimum Gasteiger partial charge on any atom is -0.385 e. The third-order valence-electron chi connectivity index (χ3n) is 6.24. The van der Waals surface area contributed by atoms with Gasteiger partial charge in [-0.25, -0.2) is 0 Å². The Morgan fingerprint density at radius 1 is 0.879 bits per heavy atom. The maximum absolute atomic E-state index is 13.7. The molecule has 33 heavy (non-hydrogen) atoms. The fourth-order valence-corrected chi connectivity index (χ4v) is 4.57. The maximum atomic E-state index is 13.7. The molecular weight excluding hydrogens is 412 g/mol. The lowest BCUT2D eigenvalue weighted by Crippen LogP contribution is -2.57. The molecule has 3 aromatic rings. The Morgan fingerprint density at radius 3 is 1.76 bits per heavy atom. The van der Waals surface area contributed by atoms with Gasteiger partial charge in [-0.1, -0.05) is 91.0 Å². The molecule has 1 saturated heterocycles. The normalized spacial score (nSPS) is 15.2. The van der Waals surface area contributed by atoms with Crippen molar-refractivity contribution >= 4 is 5.91 Å². The van der Waals surface area contributed by atoms with Gasteiger partial charge in [-0.15, -0.1) is 0 Å². The summed E-state index contributed by atoms with van der Waals surface area (Å²) in [6.07, 6.45) is 0.570. The molecule has 5 nitrogen and oxygen atoms in total. The lowest BCUT2D eigenvalue weighted by molar-refractivity contribution is -0.138. The summed E-state index contributed by atoms with van der Waals surface area (Å²) in [4.78, 5) is 15.6. The number of ether oxygens (including phenoxy) is 2. The molecule has 0 aromatic heterocycles. The predicted molar refractivity (Wildman–Crippen MR) is 130 cm³/mol. The van der Waals surface area contributed by atoms with Crippen molar-refractivity contribution in [3.63, 3.8) is 0 Å². The number of nitrogens with zero attached hydrogens (tertiary/aromatic N) is 1. The van der Waals surface area contributed by atoms with Crippen LogP contribution in [-0.2, 0) is 19.8 Å². The Balaban J connectivity index is 1.84. The summed E-state index contributed by atoms with van der Waals surface area (Å²) >= 11 is 0. The molecule has 1 heterocycles. The number of amides is 1. The van der Waals surface area contributed by atoms with E-state index in [0.29, 0.717) is 39.3 Å². The van der Waals surface area contributed by atoms with Gasteiger partial charge in [-0.2, -0.15) is 0 Å². The van der Waals surface area contributed by atoms with Crippen LogP contribution in [0.3, 0.4) is 0 Å². The SMILES string of the molecule is COCC[C@H](NC(c1ccccc1)(c1ccccc1)c1ccccc1)C(=O)N1CCOCC1. The van der Waals surface area contributed by atoms with Crippen LogP contribution in [0.15, 0.2) is 91.0 Å². The quantitative estimate of drug-likeness (QED) is 0.510. The van der Waals surface area contributed by atoms with Gasteiger partial charge >= 0.3 is 0 Å². The van der Waals surface area contributed by atoms with E-state index in [2.05, 4.69) is 41.7 Å². The highest BCUT2D eigenvalue weighted by atomic mass is 16.5. The minimum absolute atomic E-state index is 0.0857. The smallest absolute Gasteiger partial charge is 0.239 e. The average Bonchev–Trinajstić information content (AvgIpc) is 2.91. The highest BCUT2D eigenvalue weighted by Crippen LogP contribution is 2.37. The van der Waals surface area contributed by atoms with Crippen molar-refractivity contribution in [1.82, 2.24) is 10.2 Å². The van der Waals surface area contributed by atoms with Gasteiger partial charge < -0.3 is 14.4 Å². The number of carbonyl (C=O) groups is 1. The molecule has 0 radical (unpaired) electrons. The fraction of sp³-hybridized carbons (Fsp3) is 0.321. The van der Waals surface area contributed by atoms with Gasteiger partial charge in [0.15, 0.2) is 0 Å². The second-order valence-corrected chi connectivity index (χ2v) is 8.26. The Labute approximate surface area is 196 Å². The number of rotatable bonds is 9. The zero-order chi connectivity index (χ0) is 22.9. The summed E-state index contributed by atoms with van der Waals surface area (Å²) in [5.74, 6) is 0.0857. The molecule has 1 aliphatic heterocycles. The molecule has 0 bridgehead atoms. The molecule has 0 saturated carbocycles. The minimum atomic E-state index is -0.704.